The molecular weight excluding hydrogens is 495 g/mol. The van der Waals surface area contributed by atoms with Gasteiger partial charge in [-0.1, -0.05) is 0 Å². The molecule has 0 aromatic heterocycles. The zero-order chi connectivity index (χ0) is 22.3. The summed E-state index contributed by atoms with van der Waals surface area (Å²) in [6.07, 6.45) is 5.80. The van der Waals surface area contributed by atoms with Crippen molar-refractivity contribution in [1.29, 1.82) is 0 Å². The molecule has 0 aliphatic rings. The Hall–Kier alpha value is -2.08. The van der Waals surface area contributed by atoms with Crippen LogP contribution in [0, 0.1) is 0 Å². The SMILES string of the molecule is CCC[CH2][SnH]([CH2]CCC)/[C](=C/C(=O)OCc1ccccc1)C(=O)OCc1ccccc1. The quantitative estimate of drug-likeness (QED) is 0.188. The number of benzene rings is 2. The maximum absolute atomic E-state index is 13.0. The molecule has 0 fully saturated rings. The minimum absolute atomic E-state index is 0.201. The van der Waals surface area contributed by atoms with Crippen LogP contribution in [0.15, 0.2) is 70.3 Å². The van der Waals surface area contributed by atoms with Gasteiger partial charge in [-0.3, -0.25) is 0 Å². The Kier molecular flexibility index (Phi) is 12.1. The Morgan fingerprint density at radius 2 is 1.26 bits per heavy atom. The molecule has 0 spiro atoms. The average molecular weight is 529 g/mol. The Morgan fingerprint density at radius 3 is 1.74 bits per heavy atom. The summed E-state index contributed by atoms with van der Waals surface area (Å²) in [4.78, 5) is 25.6. The van der Waals surface area contributed by atoms with Gasteiger partial charge in [0.1, 0.15) is 0 Å². The first-order valence-corrected chi connectivity index (χ1v) is 17.6. The molecule has 0 amide bonds. The second kappa shape index (κ2) is 14.8. The van der Waals surface area contributed by atoms with Gasteiger partial charge < -0.3 is 0 Å². The van der Waals surface area contributed by atoms with Crippen molar-refractivity contribution in [3.63, 3.8) is 0 Å². The van der Waals surface area contributed by atoms with Gasteiger partial charge in [-0.15, -0.1) is 0 Å². The molecule has 2 rings (SSSR count). The summed E-state index contributed by atoms with van der Waals surface area (Å²) in [6, 6.07) is 19.2. The second-order valence-corrected chi connectivity index (χ2v) is 16.8. The summed E-state index contributed by atoms with van der Waals surface area (Å²) < 4.78 is 13.8. The Balaban J connectivity index is 2.13. The van der Waals surface area contributed by atoms with Crippen LogP contribution in [0.2, 0.25) is 8.87 Å². The number of unbranched alkanes of at least 4 members (excludes halogenated alkanes) is 2. The predicted octanol–water partition coefficient (Wildman–Crippen LogP) is 5.77. The van der Waals surface area contributed by atoms with Gasteiger partial charge in [0.15, 0.2) is 0 Å². The molecule has 166 valence electrons. The van der Waals surface area contributed by atoms with Crippen molar-refractivity contribution in [3.8, 4) is 0 Å². The fourth-order valence-corrected chi connectivity index (χ4v) is 13.4. The topological polar surface area (TPSA) is 52.6 Å². The summed E-state index contributed by atoms with van der Waals surface area (Å²) in [5.41, 5.74) is 1.87. The molecule has 0 unspecified atom stereocenters. The van der Waals surface area contributed by atoms with E-state index in [9.17, 15) is 9.59 Å². The molecule has 4 nitrogen and oxygen atoms in total. The zero-order valence-corrected chi connectivity index (χ0v) is 22.0. The predicted molar refractivity (Wildman–Crippen MR) is 127 cm³/mol. The number of carbonyl (C=O) groups excluding carboxylic acids is 2. The van der Waals surface area contributed by atoms with Crippen LogP contribution < -0.4 is 0 Å². The fourth-order valence-electron chi connectivity index (χ4n) is 3.40. The molecule has 0 aliphatic carbocycles. The van der Waals surface area contributed by atoms with E-state index >= 15 is 0 Å². The van der Waals surface area contributed by atoms with Gasteiger partial charge in [0.05, 0.1) is 0 Å². The molecule has 0 atom stereocenters. The Labute approximate surface area is 193 Å². The van der Waals surface area contributed by atoms with E-state index in [0.717, 1.165) is 45.7 Å². The number of hydrogen-bond acceptors (Lipinski definition) is 4. The van der Waals surface area contributed by atoms with Crippen molar-refractivity contribution < 1.29 is 19.1 Å². The molecule has 2 aromatic rings. The Bertz CT molecular complexity index is 810. The van der Waals surface area contributed by atoms with Crippen LogP contribution in [0.25, 0.3) is 0 Å². The van der Waals surface area contributed by atoms with Gasteiger partial charge in [-0.05, 0) is 0 Å². The Morgan fingerprint density at radius 1 is 0.774 bits per heavy atom. The van der Waals surface area contributed by atoms with Gasteiger partial charge in [0, 0.05) is 0 Å². The first-order chi connectivity index (χ1) is 15.1. The van der Waals surface area contributed by atoms with Crippen LogP contribution in [0.1, 0.15) is 50.7 Å². The van der Waals surface area contributed by atoms with Gasteiger partial charge in [-0.2, -0.15) is 0 Å². The first-order valence-electron chi connectivity index (χ1n) is 11.3. The van der Waals surface area contributed by atoms with E-state index in [0.29, 0.717) is 3.59 Å². The third kappa shape index (κ3) is 9.72. The number of ether oxygens (including phenoxy) is 2. The van der Waals surface area contributed by atoms with Crippen LogP contribution in [0.3, 0.4) is 0 Å². The maximum atomic E-state index is 13.0. The van der Waals surface area contributed by atoms with E-state index in [2.05, 4.69) is 13.8 Å². The van der Waals surface area contributed by atoms with Gasteiger partial charge in [0.2, 0.25) is 0 Å². The second-order valence-electron chi connectivity index (χ2n) is 7.74. The van der Waals surface area contributed by atoms with E-state index in [1.54, 1.807) is 0 Å². The molecule has 5 heteroatoms. The van der Waals surface area contributed by atoms with E-state index < -0.39 is 25.7 Å². The molecule has 2 aromatic carbocycles. The van der Waals surface area contributed by atoms with Gasteiger partial charge in [-0.25, -0.2) is 0 Å². The fraction of sp³-hybridized carbons (Fsp3) is 0.385. The number of hydrogen-bond donors (Lipinski definition) is 0. The summed E-state index contributed by atoms with van der Waals surface area (Å²) in [5.74, 6) is -0.793. The number of rotatable bonds is 13. The van der Waals surface area contributed by atoms with Gasteiger partial charge >= 0.3 is 194 Å². The van der Waals surface area contributed by atoms with Crippen molar-refractivity contribution in [2.75, 3.05) is 0 Å². The molecule has 0 saturated heterocycles. The summed E-state index contributed by atoms with van der Waals surface area (Å²) >= 11 is -2.47. The first kappa shape index (κ1) is 25.2. The molecule has 0 heterocycles. The molecule has 0 aliphatic heterocycles. The van der Waals surface area contributed by atoms with Crippen molar-refractivity contribution in [2.24, 2.45) is 0 Å². The normalized spacial score (nSPS) is 11.4. The van der Waals surface area contributed by atoms with E-state index in [1.165, 1.54) is 6.08 Å². The monoisotopic (exact) mass is 530 g/mol. The van der Waals surface area contributed by atoms with E-state index in [4.69, 9.17) is 9.47 Å². The van der Waals surface area contributed by atoms with E-state index in [-0.39, 0.29) is 19.2 Å². The van der Waals surface area contributed by atoms with Crippen molar-refractivity contribution >= 4 is 31.7 Å². The average Bonchev–Trinajstić information content (AvgIpc) is 2.81. The van der Waals surface area contributed by atoms with Crippen molar-refractivity contribution in [2.45, 2.75) is 61.6 Å². The molecule has 0 saturated carbocycles. The van der Waals surface area contributed by atoms with Crippen LogP contribution >= 0.6 is 0 Å². The third-order valence-electron chi connectivity index (χ3n) is 5.20. The molecule has 31 heavy (non-hydrogen) atoms. The number of esters is 2. The van der Waals surface area contributed by atoms with Crippen LogP contribution in [0.5, 0.6) is 0 Å². The zero-order valence-electron chi connectivity index (χ0n) is 18.7. The summed E-state index contributed by atoms with van der Waals surface area (Å²) in [7, 11) is 0. The number of carbonyl (C=O) groups is 2. The third-order valence-corrected chi connectivity index (χ3v) is 15.2. The van der Waals surface area contributed by atoms with E-state index in [1.807, 2.05) is 60.7 Å². The van der Waals surface area contributed by atoms with Crippen molar-refractivity contribution in [3.05, 3.63) is 81.5 Å². The van der Waals surface area contributed by atoms with Gasteiger partial charge in [0.25, 0.3) is 0 Å². The summed E-state index contributed by atoms with van der Waals surface area (Å²) in [6.45, 7) is 4.74. The standard InChI is InChI=1S/C18H15O4.2C4H9.Sn.H/c19-17(21-13-15-7-3-1-4-8-15)11-12-18(20)22-14-16-9-5-2-6-10-16;2*1-3-4-2;;/h1-11H,13-14H2;2*1,3-4H2,2H3;;. The minimum atomic E-state index is -2.47. The van der Waals surface area contributed by atoms with Crippen molar-refractivity contribution in [1.82, 2.24) is 0 Å². The molecule has 0 N–H and O–H groups in total. The van der Waals surface area contributed by atoms with Crippen LogP contribution in [-0.4, -0.2) is 31.7 Å². The molecule has 0 bridgehead atoms. The summed E-state index contributed by atoms with van der Waals surface area (Å²) in [5, 5.41) is 0. The molecule has 0 radical (unpaired) electrons. The van der Waals surface area contributed by atoms with Crippen LogP contribution in [0.4, 0.5) is 0 Å². The molecular formula is C26H34O4Sn. The van der Waals surface area contributed by atoms with Crippen LogP contribution in [-0.2, 0) is 32.3 Å².